The third kappa shape index (κ3) is 3.17. The minimum atomic E-state index is -0.865. The number of benzene rings is 2. The largest absolute Gasteiger partial charge is 0.480 e. The molecule has 0 amide bonds. The second kappa shape index (κ2) is 6.70. The predicted octanol–water partition coefficient (Wildman–Crippen LogP) is 2.18. The smallest absolute Gasteiger partial charge is 0.325 e. The summed E-state index contributed by atoms with van der Waals surface area (Å²) in [6.45, 7) is 0.963. The quantitative estimate of drug-likeness (QED) is 0.738. The van der Waals surface area contributed by atoms with E-state index in [9.17, 15) is 9.90 Å². The highest BCUT2D eigenvalue weighted by atomic mass is 16.6. The molecule has 0 radical (unpaired) electrons. The summed E-state index contributed by atoms with van der Waals surface area (Å²) >= 11 is 0. The maximum Gasteiger partial charge on any atom is 0.325 e. The van der Waals surface area contributed by atoms with Crippen molar-refractivity contribution in [1.82, 2.24) is 10.8 Å². The van der Waals surface area contributed by atoms with Crippen LogP contribution < -0.4 is 10.8 Å². The number of fused-ring (bicyclic) bond motifs is 1. The average Bonchev–Trinajstić information content (AvgIpc) is 2.55. The van der Waals surface area contributed by atoms with Crippen LogP contribution in [0.2, 0.25) is 0 Å². The summed E-state index contributed by atoms with van der Waals surface area (Å²) in [6.07, 6.45) is 0. The van der Waals surface area contributed by atoms with Crippen LogP contribution in [0.1, 0.15) is 28.8 Å². The molecule has 5 heteroatoms. The van der Waals surface area contributed by atoms with Crippen molar-refractivity contribution in [1.29, 1.82) is 0 Å². The van der Waals surface area contributed by atoms with Crippen LogP contribution in [0.3, 0.4) is 0 Å². The van der Waals surface area contributed by atoms with E-state index in [0.29, 0.717) is 13.2 Å². The van der Waals surface area contributed by atoms with E-state index in [0.717, 1.165) is 16.7 Å². The lowest BCUT2D eigenvalue weighted by molar-refractivity contribution is -0.140. The zero-order chi connectivity index (χ0) is 15.4. The number of carboxylic acids is 1. The molecule has 0 fully saturated rings. The summed E-state index contributed by atoms with van der Waals surface area (Å²) in [5, 5.41) is 12.3. The highest BCUT2D eigenvalue weighted by Gasteiger charge is 2.30. The fourth-order valence-electron chi connectivity index (χ4n) is 2.67. The minimum absolute atomic E-state index is 0.0736. The molecule has 2 aromatic carbocycles. The van der Waals surface area contributed by atoms with Crippen molar-refractivity contribution in [3.8, 4) is 0 Å². The number of hydroxylamine groups is 1. The molecule has 3 rings (SSSR count). The number of rotatable bonds is 5. The van der Waals surface area contributed by atoms with Gasteiger partial charge in [0.25, 0.3) is 0 Å². The highest BCUT2D eigenvalue weighted by Crippen LogP contribution is 2.28. The predicted molar refractivity (Wildman–Crippen MR) is 81.9 cm³/mol. The Morgan fingerprint density at radius 2 is 1.82 bits per heavy atom. The molecule has 114 valence electrons. The number of aliphatic carboxylic acids is 1. The molecule has 0 saturated heterocycles. The average molecular weight is 298 g/mol. The van der Waals surface area contributed by atoms with Gasteiger partial charge in [0.2, 0.25) is 0 Å². The topological polar surface area (TPSA) is 70.6 Å². The van der Waals surface area contributed by atoms with Gasteiger partial charge in [-0.05, 0) is 16.7 Å². The second-order valence-corrected chi connectivity index (χ2v) is 5.25. The first-order valence-corrected chi connectivity index (χ1v) is 7.22. The Hall–Kier alpha value is -2.21. The van der Waals surface area contributed by atoms with Gasteiger partial charge in [-0.15, -0.1) is 0 Å². The van der Waals surface area contributed by atoms with Crippen molar-refractivity contribution in [2.75, 3.05) is 6.54 Å². The standard InChI is InChI=1S/C17H18N2O3/c20-17(21)16-14-9-5-4-8-13(14)15(10-18-16)19-22-11-12-6-2-1-3-7-12/h1-9,15-16,18-19H,10-11H2,(H,20,21). The molecule has 2 unspecified atom stereocenters. The second-order valence-electron chi connectivity index (χ2n) is 5.25. The van der Waals surface area contributed by atoms with E-state index in [2.05, 4.69) is 10.8 Å². The highest BCUT2D eigenvalue weighted by molar-refractivity contribution is 5.76. The summed E-state index contributed by atoms with van der Waals surface area (Å²) in [5.41, 5.74) is 5.85. The van der Waals surface area contributed by atoms with E-state index in [1.54, 1.807) is 0 Å². The van der Waals surface area contributed by atoms with Gasteiger partial charge in [0.15, 0.2) is 0 Å². The lowest BCUT2D eigenvalue weighted by atomic mass is 9.91. The molecule has 1 heterocycles. The normalized spacial score (nSPS) is 20.4. The molecule has 0 spiro atoms. The third-order valence-corrected chi connectivity index (χ3v) is 3.76. The maximum atomic E-state index is 11.3. The molecule has 0 aliphatic carbocycles. The SMILES string of the molecule is O=C(O)C1NCC(NOCc2ccccc2)c2ccccc21. The summed E-state index contributed by atoms with van der Waals surface area (Å²) < 4.78 is 0. The fourth-order valence-corrected chi connectivity index (χ4v) is 2.67. The summed E-state index contributed by atoms with van der Waals surface area (Å²) in [5.74, 6) is -0.865. The van der Waals surface area contributed by atoms with Crippen LogP contribution in [0.15, 0.2) is 54.6 Å². The molecule has 1 aliphatic heterocycles. The van der Waals surface area contributed by atoms with Crippen LogP contribution in [-0.2, 0) is 16.2 Å². The zero-order valence-corrected chi connectivity index (χ0v) is 12.0. The van der Waals surface area contributed by atoms with Gasteiger partial charge in [-0.3, -0.25) is 14.9 Å². The van der Waals surface area contributed by atoms with Crippen LogP contribution in [0.25, 0.3) is 0 Å². The molecule has 2 atom stereocenters. The van der Waals surface area contributed by atoms with Gasteiger partial charge >= 0.3 is 5.97 Å². The third-order valence-electron chi connectivity index (χ3n) is 3.76. The Kier molecular flexibility index (Phi) is 4.48. The van der Waals surface area contributed by atoms with Crippen molar-refractivity contribution in [3.63, 3.8) is 0 Å². The van der Waals surface area contributed by atoms with E-state index >= 15 is 0 Å². The lowest BCUT2D eigenvalue weighted by Gasteiger charge is -2.30. The van der Waals surface area contributed by atoms with Gasteiger partial charge in [0.1, 0.15) is 6.04 Å². The maximum absolute atomic E-state index is 11.3. The van der Waals surface area contributed by atoms with E-state index in [1.165, 1.54) is 0 Å². The molecular formula is C17H18N2O3. The van der Waals surface area contributed by atoms with Crippen molar-refractivity contribution in [2.24, 2.45) is 0 Å². The zero-order valence-electron chi connectivity index (χ0n) is 12.0. The molecule has 1 aliphatic rings. The van der Waals surface area contributed by atoms with Crippen molar-refractivity contribution < 1.29 is 14.7 Å². The molecule has 0 bridgehead atoms. The first-order valence-electron chi connectivity index (χ1n) is 7.22. The Morgan fingerprint density at radius 1 is 1.14 bits per heavy atom. The van der Waals surface area contributed by atoms with Crippen molar-refractivity contribution in [3.05, 3.63) is 71.3 Å². The number of carboxylic acid groups (broad SMARTS) is 1. The van der Waals surface area contributed by atoms with E-state index in [4.69, 9.17) is 4.84 Å². The molecule has 22 heavy (non-hydrogen) atoms. The summed E-state index contributed by atoms with van der Waals surface area (Å²) in [6, 6.07) is 16.7. The van der Waals surface area contributed by atoms with Crippen molar-refractivity contribution >= 4 is 5.97 Å². The Labute approximate surface area is 128 Å². The minimum Gasteiger partial charge on any atom is -0.480 e. The Morgan fingerprint density at radius 3 is 2.55 bits per heavy atom. The molecule has 5 nitrogen and oxygen atoms in total. The van der Waals surface area contributed by atoms with Crippen LogP contribution in [0.4, 0.5) is 0 Å². The number of hydrogen-bond acceptors (Lipinski definition) is 4. The Balaban J connectivity index is 1.67. The monoisotopic (exact) mass is 298 g/mol. The van der Waals surface area contributed by atoms with E-state index in [1.807, 2.05) is 54.6 Å². The molecule has 0 aromatic heterocycles. The van der Waals surface area contributed by atoms with Gasteiger partial charge in [-0.1, -0.05) is 54.6 Å². The van der Waals surface area contributed by atoms with Crippen LogP contribution in [-0.4, -0.2) is 17.6 Å². The van der Waals surface area contributed by atoms with E-state index < -0.39 is 12.0 Å². The molecule has 3 N–H and O–H groups in total. The van der Waals surface area contributed by atoms with Crippen LogP contribution in [0, 0.1) is 0 Å². The molecule has 2 aromatic rings. The van der Waals surface area contributed by atoms with Crippen LogP contribution in [0.5, 0.6) is 0 Å². The van der Waals surface area contributed by atoms with Gasteiger partial charge in [0, 0.05) is 6.54 Å². The lowest BCUT2D eigenvalue weighted by Crippen LogP contribution is -2.42. The number of nitrogens with one attached hydrogen (secondary N) is 2. The molecular weight excluding hydrogens is 280 g/mol. The first kappa shape index (κ1) is 14.7. The van der Waals surface area contributed by atoms with Crippen molar-refractivity contribution in [2.45, 2.75) is 18.7 Å². The number of carbonyl (C=O) groups is 1. The van der Waals surface area contributed by atoms with E-state index in [-0.39, 0.29) is 6.04 Å². The number of hydrogen-bond donors (Lipinski definition) is 3. The fraction of sp³-hybridized carbons (Fsp3) is 0.235. The first-order chi connectivity index (χ1) is 10.8. The van der Waals surface area contributed by atoms with Gasteiger partial charge in [-0.25, -0.2) is 0 Å². The Bertz CT molecular complexity index is 645. The van der Waals surface area contributed by atoms with Gasteiger partial charge in [0.05, 0.1) is 12.6 Å². The van der Waals surface area contributed by atoms with Gasteiger partial charge in [-0.2, -0.15) is 5.48 Å². The summed E-state index contributed by atoms with van der Waals surface area (Å²) in [7, 11) is 0. The summed E-state index contributed by atoms with van der Waals surface area (Å²) in [4.78, 5) is 16.9. The van der Waals surface area contributed by atoms with Crippen LogP contribution >= 0.6 is 0 Å². The molecule has 0 saturated carbocycles. The van der Waals surface area contributed by atoms with Gasteiger partial charge < -0.3 is 5.11 Å².